The zero-order chi connectivity index (χ0) is 15.6. The van der Waals surface area contributed by atoms with Crippen molar-refractivity contribution in [2.75, 3.05) is 13.1 Å². The standard InChI is InChI=1S/C15H17Cl2NO3/c1-2-15(14(20)21)6-3-7-18(9-15)13(19)11-8-10(16)4-5-12(11)17/h4-5,8H,2-3,6-7,9H2,1H3,(H,20,21). The first-order valence-electron chi connectivity index (χ1n) is 6.87. The van der Waals surface area contributed by atoms with E-state index in [1.165, 1.54) is 6.07 Å². The smallest absolute Gasteiger partial charge is 0.311 e. The number of halogens is 2. The van der Waals surface area contributed by atoms with Crippen molar-refractivity contribution in [1.29, 1.82) is 0 Å². The Morgan fingerprint density at radius 1 is 1.38 bits per heavy atom. The summed E-state index contributed by atoms with van der Waals surface area (Å²) < 4.78 is 0. The molecule has 0 spiro atoms. The van der Waals surface area contributed by atoms with Crippen molar-refractivity contribution in [3.05, 3.63) is 33.8 Å². The Balaban J connectivity index is 2.27. The van der Waals surface area contributed by atoms with E-state index in [4.69, 9.17) is 23.2 Å². The predicted octanol–water partition coefficient (Wildman–Crippen LogP) is 3.71. The van der Waals surface area contributed by atoms with Gasteiger partial charge < -0.3 is 10.0 Å². The second-order valence-electron chi connectivity index (χ2n) is 5.39. The Morgan fingerprint density at radius 3 is 2.71 bits per heavy atom. The number of amides is 1. The van der Waals surface area contributed by atoms with Crippen LogP contribution in [0.25, 0.3) is 0 Å². The molecule has 114 valence electrons. The molecular weight excluding hydrogens is 313 g/mol. The van der Waals surface area contributed by atoms with Gasteiger partial charge in [-0.15, -0.1) is 0 Å². The summed E-state index contributed by atoms with van der Waals surface area (Å²) in [5.41, 5.74) is -0.541. The minimum Gasteiger partial charge on any atom is -0.481 e. The van der Waals surface area contributed by atoms with Crippen molar-refractivity contribution in [3.8, 4) is 0 Å². The summed E-state index contributed by atoms with van der Waals surface area (Å²) in [6.45, 7) is 2.59. The molecule has 1 aromatic rings. The van der Waals surface area contributed by atoms with Crippen LogP contribution in [-0.2, 0) is 4.79 Å². The first-order valence-corrected chi connectivity index (χ1v) is 7.63. The third kappa shape index (κ3) is 3.16. The zero-order valence-corrected chi connectivity index (χ0v) is 13.2. The maximum atomic E-state index is 12.6. The molecule has 2 rings (SSSR count). The number of carboxylic acids is 1. The number of nitrogens with zero attached hydrogens (tertiary/aromatic N) is 1. The summed E-state index contributed by atoms with van der Waals surface area (Å²) in [4.78, 5) is 25.7. The second-order valence-corrected chi connectivity index (χ2v) is 6.24. The van der Waals surface area contributed by atoms with Gasteiger partial charge in [-0.1, -0.05) is 30.1 Å². The molecule has 0 bridgehead atoms. The molecular formula is C15H17Cl2NO3. The van der Waals surface area contributed by atoms with E-state index >= 15 is 0 Å². The number of carbonyl (C=O) groups excluding carboxylic acids is 1. The lowest BCUT2D eigenvalue weighted by Crippen LogP contribution is -2.49. The molecule has 6 heteroatoms. The Hall–Kier alpha value is -1.26. The average molecular weight is 330 g/mol. The van der Waals surface area contributed by atoms with Crippen LogP contribution in [0.1, 0.15) is 36.5 Å². The average Bonchev–Trinajstić information content (AvgIpc) is 2.48. The van der Waals surface area contributed by atoms with Gasteiger partial charge in [-0.2, -0.15) is 0 Å². The van der Waals surface area contributed by atoms with Gasteiger partial charge >= 0.3 is 5.97 Å². The molecule has 1 aliphatic heterocycles. The number of benzene rings is 1. The van der Waals surface area contributed by atoms with Crippen LogP contribution in [0.3, 0.4) is 0 Å². The molecule has 1 heterocycles. The SMILES string of the molecule is CCC1(C(=O)O)CCCN(C(=O)c2cc(Cl)ccc2Cl)C1. The molecule has 1 saturated heterocycles. The number of likely N-dealkylation sites (tertiary alicyclic amines) is 1. The monoisotopic (exact) mass is 329 g/mol. The largest absolute Gasteiger partial charge is 0.481 e. The topological polar surface area (TPSA) is 57.6 Å². The van der Waals surface area contributed by atoms with E-state index in [1.54, 1.807) is 17.0 Å². The maximum Gasteiger partial charge on any atom is 0.311 e. The van der Waals surface area contributed by atoms with Crippen molar-refractivity contribution in [3.63, 3.8) is 0 Å². The first-order chi connectivity index (χ1) is 9.89. The molecule has 0 saturated carbocycles. The van der Waals surface area contributed by atoms with Crippen LogP contribution in [0.15, 0.2) is 18.2 Å². The van der Waals surface area contributed by atoms with E-state index in [9.17, 15) is 14.7 Å². The fraction of sp³-hybridized carbons (Fsp3) is 0.467. The molecule has 21 heavy (non-hydrogen) atoms. The highest BCUT2D eigenvalue weighted by Gasteiger charge is 2.42. The summed E-state index contributed by atoms with van der Waals surface area (Å²) in [6, 6.07) is 4.71. The minimum atomic E-state index is -0.862. The Morgan fingerprint density at radius 2 is 2.10 bits per heavy atom. The van der Waals surface area contributed by atoms with E-state index in [0.29, 0.717) is 41.4 Å². The maximum absolute atomic E-state index is 12.6. The second kappa shape index (κ2) is 6.24. The zero-order valence-electron chi connectivity index (χ0n) is 11.7. The fourth-order valence-corrected chi connectivity index (χ4v) is 3.12. The Bertz CT molecular complexity index is 576. The number of hydrogen-bond acceptors (Lipinski definition) is 2. The van der Waals surface area contributed by atoms with Gasteiger partial charge in [0, 0.05) is 18.1 Å². The number of rotatable bonds is 3. The summed E-state index contributed by atoms with van der Waals surface area (Å²) in [5.74, 6) is -1.11. The lowest BCUT2D eigenvalue weighted by Gasteiger charge is -2.39. The third-order valence-corrected chi connectivity index (χ3v) is 4.72. The predicted molar refractivity (Wildman–Crippen MR) is 82.0 cm³/mol. The van der Waals surface area contributed by atoms with Gasteiger partial charge in [0.05, 0.1) is 16.0 Å². The fourth-order valence-electron chi connectivity index (χ4n) is 2.75. The summed E-state index contributed by atoms with van der Waals surface area (Å²) in [5, 5.41) is 10.2. The van der Waals surface area contributed by atoms with Crippen molar-refractivity contribution in [1.82, 2.24) is 4.90 Å². The lowest BCUT2D eigenvalue weighted by molar-refractivity contribution is -0.152. The van der Waals surface area contributed by atoms with Gasteiger partial charge in [0.15, 0.2) is 0 Å². The molecule has 1 unspecified atom stereocenters. The molecule has 4 nitrogen and oxygen atoms in total. The van der Waals surface area contributed by atoms with Crippen LogP contribution in [-0.4, -0.2) is 35.0 Å². The van der Waals surface area contributed by atoms with Crippen molar-refractivity contribution in [2.24, 2.45) is 5.41 Å². The first kappa shape index (κ1) is 16.1. The van der Waals surface area contributed by atoms with Crippen LogP contribution in [0.5, 0.6) is 0 Å². The molecule has 0 radical (unpaired) electrons. The van der Waals surface area contributed by atoms with E-state index in [0.717, 1.165) is 0 Å². The van der Waals surface area contributed by atoms with Gasteiger partial charge in [-0.05, 0) is 37.5 Å². The molecule has 1 fully saturated rings. The van der Waals surface area contributed by atoms with E-state index in [1.807, 2.05) is 6.92 Å². The minimum absolute atomic E-state index is 0.209. The summed E-state index contributed by atoms with van der Waals surface area (Å²) >= 11 is 12.0. The van der Waals surface area contributed by atoms with E-state index in [2.05, 4.69) is 0 Å². The van der Waals surface area contributed by atoms with Crippen molar-refractivity contribution in [2.45, 2.75) is 26.2 Å². The lowest BCUT2D eigenvalue weighted by atomic mass is 9.77. The molecule has 1 aromatic carbocycles. The van der Waals surface area contributed by atoms with Gasteiger partial charge in [0.1, 0.15) is 0 Å². The molecule has 0 aromatic heterocycles. The van der Waals surface area contributed by atoms with Gasteiger partial charge in [0.2, 0.25) is 0 Å². The van der Waals surface area contributed by atoms with Gasteiger partial charge in [-0.25, -0.2) is 0 Å². The van der Waals surface area contributed by atoms with Crippen LogP contribution < -0.4 is 0 Å². The van der Waals surface area contributed by atoms with Crippen LogP contribution in [0, 0.1) is 5.41 Å². The van der Waals surface area contributed by atoms with Crippen LogP contribution in [0.4, 0.5) is 0 Å². The van der Waals surface area contributed by atoms with Gasteiger partial charge in [0.25, 0.3) is 5.91 Å². The molecule has 1 N–H and O–H groups in total. The number of piperidine rings is 1. The summed E-state index contributed by atoms with van der Waals surface area (Å²) in [7, 11) is 0. The molecule has 0 aliphatic carbocycles. The quantitative estimate of drug-likeness (QED) is 0.919. The van der Waals surface area contributed by atoms with Crippen LogP contribution in [0.2, 0.25) is 10.0 Å². The third-order valence-electron chi connectivity index (χ3n) is 4.15. The van der Waals surface area contributed by atoms with Gasteiger partial charge in [-0.3, -0.25) is 9.59 Å². The highest BCUT2D eigenvalue weighted by atomic mass is 35.5. The number of carbonyl (C=O) groups is 2. The normalized spacial score (nSPS) is 22.1. The number of hydrogen-bond donors (Lipinski definition) is 1. The van der Waals surface area contributed by atoms with Crippen molar-refractivity contribution >= 4 is 35.1 Å². The number of aliphatic carboxylic acids is 1. The Kier molecular flexibility index (Phi) is 4.79. The van der Waals surface area contributed by atoms with E-state index < -0.39 is 11.4 Å². The highest BCUT2D eigenvalue weighted by Crippen LogP contribution is 2.35. The van der Waals surface area contributed by atoms with Crippen LogP contribution >= 0.6 is 23.2 Å². The summed E-state index contributed by atoms with van der Waals surface area (Å²) in [6.07, 6.45) is 1.76. The van der Waals surface area contributed by atoms with E-state index in [-0.39, 0.29) is 12.5 Å². The molecule has 1 atom stereocenters. The van der Waals surface area contributed by atoms with Crippen molar-refractivity contribution < 1.29 is 14.7 Å². The molecule has 1 amide bonds. The highest BCUT2D eigenvalue weighted by molar-refractivity contribution is 6.35. The molecule has 1 aliphatic rings. The number of carboxylic acid groups (broad SMARTS) is 1. The Labute approximate surface area is 133 Å².